The summed E-state index contributed by atoms with van der Waals surface area (Å²) in [6.45, 7) is 11.9. The van der Waals surface area contributed by atoms with E-state index in [1.807, 2.05) is 39.8 Å². The average Bonchev–Trinajstić information content (AvgIpc) is 2.29. The summed E-state index contributed by atoms with van der Waals surface area (Å²) in [5, 5.41) is 1.31. The third-order valence-electron chi connectivity index (χ3n) is 3.45. The minimum Gasteiger partial charge on any atom is -0.271 e. The molecule has 1 aromatic rings. The fraction of sp³-hybridized carbons (Fsp3) is 0.533. The first-order valence-corrected chi connectivity index (χ1v) is 6.38. The molecule has 0 atom stereocenters. The summed E-state index contributed by atoms with van der Waals surface area (Å²) < 4.78 is 0. The number of benzene rings is 1. The van der Waals surface area contributed by atoms with Crippen molar-refractivity contribution in [3.05, 3.63) is 34.4 Å². The number of nitrogens with two attached hydrogens (primary N) is 1. The second kappa shape index (κ2) is 5.11. The highest BCUT2D eigenvalue weighted by Crippen LogP contribution is 2.21. The lowest BCUT2D eigenvalue weighted by Crippen LogP contribution is -2.50. The van der Waals surface area contributed by atoms with Gasteiger partial charge in [-0.05, 0) is 63.8 Å². The lowest BCUT2D eigenvalue weighted by atomic mass is 9.95. The van der Waals surface area contributed by atoms with Gasteiger partial charge in [0.15, 0.2) is 0 Å². The molecule has 100 valence electrons. The second-order valence-electron chi connectivity index (χ2n) is 5.72. The van der Waals surface area contributed by atoms with Crippen LogP contribution in [0.1, 0.15) is 54.7 Å². The van der Waals surface area contributed by atoms with Gasteiger partial charge in [-0.15, -0.1) is 0 Å². The largest absolute Gasteiger partial charge is 0.271 e. The Labute approximate surface area is 110 Å². The first-order valence-electron chi connectivity index (χ1n) is 6.38. The molecule has 0 aliphatic carbocycles. The second-order valence-corrected chi connectivity index (χ2v) is 5.72. The number of hydrazine groups is 1. The van der Waals surface area contributed by atoms with Crippen LogP contribution in [0.4, 0.5) is 0 Å². The Morgan fingerprint density at radius 2 is 1.78 bits per heavy atom. The fourth-order valence-corrected chi connectivity index (χ4v) is 1.93. The van der Waals surface area contributed by atoms with E-state index in [4.69, 9.17) is 5.84 Å². The molecule has 0 bridgehead atoms. The highest BCUT2D eigenvalue weighted by molar-refractivity contribution is 5.96. The molecular weight excluding hydrogens is 224 g/mol. The summed E-state index contributed by atoms with van der Waals surface area (Å²) in [4.78, 5) is 12.4. The zero-order valence-electron chi connectivity index (χ0n) is 12.3. The van der Waals surface area contributed by atoms with Crippen molar-refractivity contribution in [2.45, 2.75) is 53.5 Å². The molecule has 0 aliphatic rings. The van der Waals surface area contributed by atoms with Crippen molar-refractivity contribution in [1.82, 2.24) is 5.01 Å². The lowest BCUT2D eigenvalue weighted by molar-refractivity contribution is 0.0581. The van der Waals surface area contributed by atoms with Crippen LogP contribution in [0.15, 0.2) is 12.1 Å². The topological polar surface area (TPSA) is 46.3 Å². The average molecular weight is 248 g/mol. The van der Waals surface area contributed by atoms with E-state index in [-0.39, 0.29) is 11.4 Å². The molecule has 0 saturated heterocycles. The monoisotopic (exact) mass is 248 g/mol. The van der Waals surface area contributed by atoms with Crippen LogP contribution in [0.25, 0.3) is 0 Å². The van der Waals surface area contributed by atoms with Gasteiger partial charge in [-0.1, -0.05) is 13.0 Å². The van der Waals surface area contributed by atoms with Crippen molar-refractivity contribution in [2.24, 2.45) is 5.84 Å². The van der Waals surface area contributed by atoms with Crippen LogP contribution >= 0.6 is 0 Å². The molecule has 0 radical (unpaired) electrons. The molecule has 0 fully saturated rings. The van der Waals surface area contributed by atoms with Gasteiger partial charge in [0, 0.05) is 5.56 Å². The minimum absolute atomic E-state index is 0.120. The Morgan fingerprint density at radius 3 is 2.22 bits per heavy atom. The van der Waals surface area contributed by atoms with Crippen molar-refractivity contribution in [3.63, 3.8) is 0 Å². The van der Waals surface area contributed by atoms with Crippen LogP contribution in [0.5, 0.6) is 0 Å². The molecule has 1 rings (SSSR count). The maximum atomic E-state index is 12.4. The van der Waals surface area contributed by atoms with Gasteiger partial charge < -0.3 is 0 Å². The Hall–Kier alpha value is -1.35. The molecule has 0 heterocycles. The van der Waals surface area contributed by atoms with E-state index < -0.39 is 0 Å². The van der Waals surface area contributed by atoms with Crippen molar-refractivity contribution in [2.75, 3.05) is 0 Å². The maximum absolute atomic E-state index is 12.4. The third kappa shape index (κ3) is 2.72. The van der Waals surface area contributed by atoms with Crippen LogP contribution in [0, 0.1) is 13.8 Å². The van der Waals surface area contributed by atoms with E-state index in [9.17, 15) is 4.79 Å². The van der Waals surface area contributed by atoms with Crippen LogP contribution in [0.3, 0.4) is 0 Å². The Balaban J connectivity index is 3.20. The van der Waals surface area contributed by atoms with Gasteiger partial charge >= 0.3 is 0 Å². The predicted octanol–water partition coefficient (Wildman–Crippen LogP) is 2.98. The molecule has 0 saturated carbocycles. The molecule has 1 amide bonds. The van der Waals surface area contributed by atoms with E-state index >= 15 is 0 Å². The summed E-state index contributed by atoms with van der Waals surface area (Å²) >= 11 is 0. The van der Waals surface area contributed by atoms with Crippen LogP contribution in [0.2, 0.25) is 0 Å². The zero-order chi connectivity index (χ0) is 14.1. The summed E-state index contributed by atoms with van der Waals surface area (Å²) in [5.41, 5.74) is 3.82. The first kappa shape index (κ1) is 14.7. The molecule has 3 nitrogen and oxygen atoms in total. The predicted molar refractivity (Wildman–Crippen MR) is 75.4 cm³/mol. The normalized spacial score (nSPS) is 11.5. The van der Waals surface area contributed by atoms with E-state index in [0.29, 0.717) is 5.56 Å². The molecule has 2 N–H and O–H groups in total. The van der Waals surface area contributed by atoms with E-state index in [1.54, 1.807) is 0 Å². The molecule has 0 aromatic heterocycles. The lowest BCUT2D eigenvalue weighted by Gasteiger charge is -2.31. The maximum Gasteiger partial charge on any atom is 0.268 e. The number of aryl methyl sites for hydroxylation is 1. The SMILES string of the molecule is CCc1ccc(C(=O)N(N)C(C)(C)C)c(C)c1C. The molecule has 0 aliphatic heterocycles. The van der Waals surface area contributed by atoms with Crippen LogP contribution < -0.4 is 5.84 Å². The highest BCUT2D eigenvalue weighted by atomic mass is 16.2. The molecule has 1 aromatic carbocycles. The van der Waals surface area contributed by atoms with Gasteiger partial charge in [-0.3, -0.25) is 9.80 Å². The van der Waals surface area contributed by atoms with Gasteiger partial charge in [-0.25, -0.2) is 5.84 Å². The number of carbonyl (C=O) groups is 1. The Kier molecular flexibility index (Phi) is 4.17. The van der Waals surface area contributed by atoms with Gasteiger partial charge in [0.1, 0.15) is 0 Å². The molecule has 0 spiro atoms. The van der Waals surface area contributed by atoms with E-state index in [2.05, 4.69) is 13.8 Å². The Bertz CT molecular complexity index is 458. The van der Waals surface area contributed by atoms with Crippen molar-refractivity contribution < 1.29 is 4.79 Å². The third-order valence-corrected chi connectivity index (χ3v) is 3.45. The van der Waals surface area contributed by atoms with E-state index in [0.717, 1.165) is 12.0 Å². The molecule has 0 unspecified atom stereocenters. The van der Waals surface area contributed by atoms with Gasteiger partial charge in [0.05, 0.1) is 5.54 Å². The summed E-state index contributed by atoms with van der Waals surface area (Å²) in [5.74, 6) is 5.78. The van der Waals surface area contributed by atoms with Crippen molar-refractivity contribution in [1.29, 1.82) is 0 Å². The van der Waals surface area contributed by atoms with Gasteiger partial charge in [0.25, 0.3) is 5.91 Å². The van der Waals surface area contributed by atoms with Crippen LogP contribution in [-0.2, 0) is 6.42 Å². The van der Waals surface area contributed by atoms with E-state index in [1.165, 1.54) is 16.1 Å². The number of hydrogen-bond acceptors (Lipinski definition) is 2. The standard InChI is InChI=1S/C15H24N2O/c1-7-12-8-9-13(11(3)10(12)2)14(18)17(16)15(4,5)6/h8-9H,7,16H2,1-6H3. The highest BCUT2D eigenvalue weighted by Gasteiger charge is 2.25. The molecule has 18 heavy (non-hydrogen) atoms. The Morgan fingerprint density at radius 1 is 1.22 bits per heavy atom. The van der Waals surface area contributed by atoms with Gasteiger partial charge in [-0.2, -0.15) is 0 Å². The number of nitrogens with zero attached hydrogens (tertiary/aromatic N) is 1. The summed E-state index contributed by atoms with van der Waals surface area (Å²) in [7, 11) is 0. The minimum atomic E-state index is -0.374. The molecule has 3 heteroatoms. The smallest absolute Gasteiger partial charge is 0.268 e. The number of rotatable bonds is 2. The van der Waals surface area contributed by atoms with Crippen LogP contribution in [-0.4, -0.2) is 16.5 Å². The fourth-order valence-electron chi connectivity index (χ4n) is 1.93. The molecular formula is C15H24N2O. The van der Waals surface area contributed by atoms with Crippen molar-refractivity contribution in [3.8, 4) is 0 Å². The number of hydrogen-bond donors (Lipinski definition) is 1. The van der Waals surface area contributed by atoms with Gasteiger partial charge in [0.2, 0.25) is 0 Å². The quantitative estimate of drug-likeness (QED) is 0.497. The summed E-state index contributed by atoms with van der Waals surface area (Å²) in [6.07, 6.45) is 0.979. The summed E-state index contributed by atoms with van der Waals surface area (Å²) in [6, 6.07) is 3.90. The number of carbonyl (C=O) groups excluding carboxylic acids is 1. The zero-order valence-corrected chi connectivity index (χ0v) is 12.3. The first-order chi connectivity index (χ1) is 8.20. The number of amides is 1. The van der Waals surface area contributed by atoms with Crippen molar-refractivity contribution >= 4 is 5.91 Å².